The molecule has 0 bridgehead atoms. The number of nitro benzene ring substituents is 1. The highest BCUT2D eigenvalue weighted by molar-refractivity contribution is 9.10. The fraction of sp³-hybridized carbons (Fsp3) is 0.455. The maximum atomic E-state index is 11.0. The van der Waals surface area contributed by atoms with Crippen LogP contribution in [-0.4, -0.2) is 39.6 Å². The summed E-state index contributed by atoms with van der Waals surface area (Å²) in [7, 11) is 0. The minimum Gasteiger partial charge on any atom is -0.484 e. The van der Waals surface area contributed by atoms with E-state index in [2.05, 4.69) is 15.9 Å². The summed E-state index contributed by atoms with van der Waals surface area (Å²) in [5, 5.41) is 38.5. The highest BCUT2D eigenvalue weighted by atomic mass is 79.9. The number of hydrogen-bond donors (Lipinski definition) is 3. The van der Waals surface area contributed by atoms with Crippen LogP contribution in [0, 0.1) is 10.1 Å². The van der Waals surface area contributed by atoms with Gasteiger partial charge in [-0.1, -0.05) is 15.9 Å². The minimum atomic E-state index is -1.15. The Hall–Kier alpha value is -1.22. The third-order valence-electron chi connectivity index (χ3n) is 2.34. The summed E-state index contributed by atoms with van der Waals surface area (Å²) in [5.41, 5.74) is -0.0957. The van der Waals surface area contributed by atoms with Crippen molar-refractivity contribution < 1.29 is 25.0 Å². The van der Waals surface area contributed by atoms with E-state index in [0.29, 0.717) is 4.47 Å². The standard InChI is InChI=1S/C11H14BrNO6/c1-6(15)9-2-7(12)3-10(13(17)18)11(9)19-5-8(16)4-14/h2-3,6,8,14-16H,4-5H2,1H3/t6-,8?/m1/s1. The first-order valence-electron chi connectivity index (χ1n) is 5.44. The molecule has 0 aliphatic carbocycles. The maximum Gasteiger partial charge on any atom is 0.312 e. The molecule has 0 heterocycles. The Morgan fingerprint density at radius 3 is 2.58 bits per heavy atom. The van der Waals surface area contributed by atoms with E-state index in [1.54, 1.807) is 0 Å². The smallest absolute Gasteiger partial charge is 0.312 e. The summed E-state index contributed by atoms with van der Waals surface area (Å²) >= 11 is 3.12. The lowest BCUT2D eigenvalue weighted by molar-refractivity contribution is -0.386. The second-order valence-electron chi connectivity index (χ2n) is 3.92. The van der Waals surface area contributed by atoms with Crippen LogP contribution >= 0.6 is 15.9 Å². The molecule has 2 atom stereocenters. The SMILES string of the molecule is C[C@@H](O)c1cc(Br)cc([N+](=O)[O-])c1OCC(O)CO. The van der Waals surface area contributed by atoms with Gasteiger partial charge in [-0.25, -0.2) is 0 Å². The van der Waals surface area contributed by atoms with Crippen molar-refractivity contribution in [2.75, 3.05) is 13.2 Å². The van der Waals surface area contributed by atoms with Gasteiger partial charge >= 0.3 is 5.69 Å². The van der Waals surface area contributed by atoms with Gasteiger partial charge in [-0.2, -0.15) is 0 Å². The Kier molecular flexibility index (Phi) is 5.67. The molecular weight excluding hydrogens is 322 g/mol. The second kappa shape index (κ2) is 6.80. The summed E-state index contributed by atoms with van der Waals surface area (Å²) in [6.07, 6.45) is -2.12. The number of hydrogen-bond acceptors (Lipinski definition) is 6. The van der Waals surface area contributed by atoms with E-state index >= 15 is 0 Å². The molecule has 0 aromatic heterocycles. The Labute approximate surface area is 117 Å². The topological polar surface area (TPSA) is 113 Å². The summed E-state index contributed by atoms with van der Waals surface area (Å²) < 4.78 is 5.60. The van der Waals surface area contributed by atoms with Crippen molar-refractivity contribution in [2.24, 2.45) is 0 Å². The Morgan fingerprint density at radius 2 is 2.11 bits per heavy atom. The van der Waals surface area contributed by atoms with E-state index in [1.807, 2.05) is 0 Å². The third-order valence-corrected chi connectivity index (χ3v) is 2.80. The largest absolute Gasteiger partial charge is 0.484 e. The zero-order valence-electron chi connectivity index (χ0n) is 10.1. The molecule has 3 N–H and O–H groups in total. The van der Waals surface area contributed by atoms with Crippen molar-refractivity contribution in [2.45, 2.75) is 19.1 Å². The lowest BCUT2D eigenvalue weighted by Crippen LogP contribution is -2.22. The second-order valence-corrected chi connectivity index (χ2v) is 4.84. The Bertz CT molecular complexity index is 465. The molecule has 0 spiro atoms. The van der Waals surface area contributed by atoms with Gasteiger partial charge in [0.15, 0.2) is 0 Å². The molecule has 0 radical (unpaired) electrons. The summed E-state index contributed by atoms with van der Waals surface area (Å²) in [6.45, 7) is 0.619. The average molecular weight is 336 g/mol. The molecule has 1 unspecified atom stereocenters. The lowest BCUT2D eigenvalue weighted by atomic mass is 10.1. The molecule has 8 heteroatoms. The van der Waals surface area contributed by atoms with Crippen molar-refractivity contribution in [3.8, 4) is 5.75 Å². The number of halogens is 1. The Morgan fingerprint density at radius 1 is 1.47 bits per heavy atom. The first-order valence-corrected chi connectivity index (χ1v) is 6.23. The number of aliphatic hydroxyl groups is 3. The van der Waals surface area contributed by atoms with Crippen molar-refractivity contribution in [3.05, 3.63) is 32.3 Å². The van der Waals surface area contributed by atoms with Crippen molar-refractivity contribution in [1.82, 2.24) is 0 Å². The predicted octanol–water partition coefficient (Wildman–Crippen LogP) is 1.14. The van der Waals surface area contributed by atoms with Crippen LogP contribution in [0.1, 0.15) is 18.6 Å². The van der Waals surface area contributed by atoms with Gasteiger partial charge in [0.25, 0.3) is 0 Å². The van der Waals surface area contributed by atoms with Crippen molar-refractivity contribution in [1.29, 1.82) is 0 Å². The van der Waals surface area contributed by atoms with Crippen LogP contribution in [0.2, 0.25) is 0 Å². The zero-order valence-corrected chi connectivity index (χ0v) is 11.7. The van der Waals surface area contributed by atoms with E-state index in [0.717, 1.165) is 0 Å². The summed E-state index contributed by atoms with van der Waals surface area (Å²) in [4.78, 5) is 10.3. The van der Waals surface area contributed by atoms with Gasteiger partial charge in [0, 0.05) is 16.1 Å². The van der Waals surface area contributed by atoms with Gasteiger partial charge in [-0.3, -0.25) is 10.1 Å². The van der Waals surface area contributed by atoms with Crippen LogP contribution in [-0.2, 0) is 0 Å². The van der Waals surface area contributed by atoms with E-state index in [-0.39, 0.29) is 23.6 Å². The molecule has 0 fully saturated rings. The molecule has 0 saturated heterocycles. The fourth-order valence-corrected chi connectivity index (χ4v) is 1.90. The van der Waals surface area contributed by atoms with Gasteiger partial charge in [0.2, 0.25) is 5.75 Å². The van der Waals surface area contributed by atoms with E-state index in [1.165, 1.54) is 19.1 Å². The molecule has 0 saturated carbocycles. The van der Waals surface area contributed by atoms with Crippen LogP contribution in [0.25, 0.3) is 0 Å². The van der Waals surface area contributed by atoms with Crippen LogP contribution in [0.3, 0.4) is 0 Å². The first kappa shape index (κ1) is 15.8. The van der Waals surface area contributed by atoms with Crippen molar-refractivity contribution >= 4 is 21.6 Å². The highest BCUT2D eigenvalue weighted by Gasteiger charge is 2.24. The number of aliphatic hydroxyl groups excluding tert-OH is 3. The number of rotatable bonds is 6. The third kappa shape index (κ3) is 4.13. The van der Waals surface area contributed by atoms with Crippen LogP contribution in [0.15, 0.2) is 16.6 Å². The van der Waals surface area contributed by atoms with E-state index < -0.39 is 23.7 Å². The van der Waals surface area contributed by atoms with E-state index in [9.17, 15) is 20.3 Å². The molecular formula is C11H14BrNO6. The fourth-order valence-electron chi connectivity index (χ4n) is 1.44. The number of nitrogens with zero attached hydrogens (tertiary/aromatic N) is 1. The molecule has 1 aromatic rings. The molecule has 1 rings (SSSR count). The van der Waals surface area contributed by atoms with Gasteiger partial charge in [0.05, 0.1) is 17.6 Å². The molecule has 19 heavy (non-hydrogen) atoms. The van der Waals surface area contributed by atoms with Gasteiger partial charge in [-0.05, 0) is 13.0 Å². The number of nitro groups is 1. The van der Waals surface area contributed by atoms with Crippen LogP contribution < -0.4 is 4.74 Å². The molecule has 0 aliphatic rings. The lowest BCUT2D eigenvalue weighted by Gasteiger charge is -2.15. The minimum absolute atomic E-state index is 0.115. The van der Waals surface area contributed by atoms with Gasteiger partial charge in [-0.15, -0.1) is 0 Å². The molecule has 0 aliphatic heterocycles. The predicted molar refractivity (Wildman–Crippen MR) is 70.0 cm³/mol. The van der Waals surface area contributed by atoms with Crippen LogP contribution in [0.5, 0.6) is 5.75 Å². The van der Waals surface area contributed by atoms with Gasteiger partial charge in [0.1, 0.15) is 12.7 Å². The number of ether oxygens (including phenoxy) is 1. The monoisotopic (exact) mass is 335 g/mol. The van der Waals surface area contributed by atoms with E-state index in [4.69, 9.17) is 9.84 Å². The molecule has 1 aromatic carbocycles. The Balaban J connectivity index is 3.19. The first-order chi connectivity index (χ1) is 8.86. The molecule has 0 amide bonds. The van der Waals surface area contributed by atoms with Gasteiger partial charge < -0.3 is 20.1 Å². The molecule has 7 nitrogen and oxygen atoms in total. The summed E-state index contributed by atoms with van der Waals surface area (Å²) in [5.74, 6) is -0.115. The summed E-state index contributed by atoms with van der Waals surface area (Å²) in [6, 6.07) is 2.74. The normalized spacial score (nSPS) is 13.9. The zero-order chi connectivity index (χ0) is 14.6. The average Bonchev–Trinajstić information content (AvgIpc) is 2.35. The quantitative estimate of drug-likeness (QED) is 0.530. The van der Waals surface area contributed by atoms with Crippen molar-refractivity contribution in [3.63, 3.8) is 0 Å². The maximum absolute atomic E-state index is 11.0. The van der Waals surface area contributed by atoms with Crippen LogP contribution in [0.4, 0.5) is 5.69 Å². The molecule has 106 valence electrons. The highest BCUT2D eigenvalue weighted by Crippen LogP contribution is 2.37. The number of benzene rings is 1.